The van der Waals surface area contributed by atoms with Crippen LogP contribution >= 0.6 is 0 Å². The number of carbonyl (C=O) groups excluding carboxylic acids is 1. The quantitative estimate of drug-likeness (QED) is 0.561. The third-order valence-corrected chi connectivity index (χ3v) is 4.08. The molecule has 4 aromatic rings. The summed E-state index contributed by atoms with van der Waals surface area (Å²) >= 11 is 0. The molecule has 0 aliphatic rings. The Balaban J connectivity index is 1.39. The average molecular weight is 373 g/mol. The maximum atomic E-state index is 13.1. The lowest BCUT2D eigenvalue weighted by Crippen LogP contribution is -2.20. The van der Waals surface area contributed by atoms with Gasteiger partial charge in [-0.25, -0.2) is 9.37 Å². The Hall–Kier alpha value is -3.80. The topological polar surface area (TPSA) is 64.1 Å². The standard InChI is InChI=1S/C22H16FN3O2/c23-16-4-3-5-17(12-16)25-22(27)14-28-18-10-8-15(9-11-18)21-13-24-19-6-1-2-7-20(19)26-21/h1-13H,14H2,(H,25,27). The van der Waals surface area contributed by atoms with E-state index in [9.17, 15) is 9.18 Å². The van der Waals surface area contributed by atoms with E-state index in [-0.39, 0.29) is 12.5 Å². The van der Waals surface area contributed by atoms with Crippen molar-refractivity contribution >= 4 is 22.6 Å². The molecule has 0 aliphatic heterocycles. The molecule has 6 heteroatoms. The number of nitrogens with zero attached hydrogens (tertiary/aromatic N) is 2. The first kappa shape index (κ1) is 17.6. The first-order valence-corrected chi connectivity index (χ1v) is 8.68. The van der Waals surface area contributed by atoms with Gasteiger partial charge in [-0.15, -0.1) is 0 Å². The van der Waals surface area contributed by atoms with Crippen molar-refractivity contribution in [1.29, 1.82) is 0 Å². The minimum atomic E-state index is -0.411. The van der Waals surface area contributed by atoms with Crippen molar-refractivity contribution in [3.05, 3.63) is 84.8 Å². The van der Waals surface area contributed by atoms with Crippen LogP contribution < -0.4 is 10.1 Å². The summed E-state index contributed by atoms with van der Waals surface area (Å²) in [5.74, 6) is -0.229. The van der Waals surface area contributed by atoms with Gasteiger partial charge in [0, 0.05) is 11.3 Å². The van der Waals surface area contributed by atoms with E-state index >= 15 is 0 Å². The molecule has 0 spiro atoms. The SMILES string of the molecule is O=C(COc1ccc(-c2cnc3ccccc3n2)cc1)Nc1cccc(F)c1. The third kappa shape index (κ3) is 4.12. The maximum absolute atomic E-state index is 13.1. The van der Waals surface area contributed by atoms with E-state index < -0.39 is 5.82 Å². The second-order valence-corrected chi connectivity index (χ2v) is 6.12. The monoisotopic (exact) mass is 373 g/mol. The number of benzene rings is 3. The average Bonchev–Trinajstić information content (AvgIpc) is 2.72. The van der Waals surface area contributed by atoms with Gasteiger partial charge >= 0.3 is 0 Å². The number of anilines is 1. The van der Waals surface area contributed by atoms with Crippen LogP contribution in [0.25, 0.3) is 22.3 Å². The Kier molecular flexibility index (Phi) is 4.93. The molecule has 1 aromatic heterocycles. The Morgan fingerprint density at radius 2 is 1.75 bits per heavy atom. The van der Waals surface area contributed by atoms with E-state index in [2.05, 4.69) is 15.3 Å². The van der Waals surface area contributed by atoms with Gasteiger partial charge in [0.2, 0.25) is 0 Å². The fourth-order valence-corrected chi connectivity index (χ4v) is 2.73. The van der Waals surface area contributed by atoms with Gasteiger partial charge in [-0.2, -0.15) is 0 Å². The van der Waals surface area contributed by atoms with Gasteiger partial charge in [-0.3, -0.25) is 9.78 Å². The predicted molar refractivity (Wildman–Crippen MR) is 105 cm³/mol. The van der Waals surface area contributed by atoms with Gasteiger partial charge in [0.1, 0.15) is 11.6 Å². The third-order valence-electron chi connectivity index (χ3n) is 4.08. The first-order chi connectivity index (χ1) is 13.7. The maximum Gasteiger partial charge on any atom is 0.262 e. The molecule has 3 aromatic carbocycles. The Morgan fingerprint density at radius 3 is 2.54 bits per heavy atom. The van der Waals surface area contributed by atoms with Gasteiger partial charge in [0.15, 0.2) is 6.61 Å². The van der Waals surface area contributed by atoms with Crippen molar-refractivity contribution in [3.8, 4) is 17.0 Å². The van der Waals surface area contributed by atoms with E-state index in [1.54, 1.807) is 24.4 Å². The van der Waals surface area contributed by atoms with E-state index in [1.165, 1.54) is 18.2 Å². The van der Waals surface area contributed by atoms with Crippen molar-refractivity contribution < 1.29 is 13.9 Å². The Morgan fingerprint density at radius 1 is 0.964 bits per heavy atom. The molecule has 0 fully saturated rings. The number of halogens is 1. The van der Waals surface area contributed by atoms with Crippen molar-refractivity contribution in [2.45, 2.75) is 0 Å². The zero-order valence-electron chi connectivity index (χ0n) is 14.8. The van der Waals surface area contributed by atoms with E-state index in [0.29, 0.717) is 11.4 Å². The van der Waals surface area contributed by atoms with E-state index in [0.717, 1.165) is 22.3 Å². The summed E-state index contributed by atoms with van der Waals surface area (Å²) in [6, 6.07) is 20.6. The first-order valence-electron chi connectivity index (χ1n) is 8.68. The molecule has 1 N–H and O–H groups in total. The highest BCUT2D eigenvalue weighted by atomic mass is 19.1. The second-order valence-electron chi connectivity index (χ2n) is 6.12. The van der Waals surface area contributed by atoms with Crippen LogP contribution in [0.2, 0.25) is 0 Å². The summed E-state index contributed by atoms with van der Waals surface area (Å²) in [4.78, 5) is 21.0. The van der Waals surface area contributed by atoms with E-state index in [1.807, 2.05) is 36.4 Å². The minimum absolute atomic E-state index is 0.175. The van der Waals surface area contributed by atoms with Crippen molar-refractivity contribution in [3.63, 3.8) is 0 Å². The van der Waals surface area contributed by atoms with Gasteiger partial charge < -0.3 is 10.1 Å². The molecule has 0 bridgehead atoms. The molecule has 0 radical (unpaired) electrons. The zero-order valence-corrected chi connectivity index (χ0v) is 14.8. The lowest BCUT2D eigenvalue weighted by atomic mass is 10.1. The van der Waals surface area contributed by atoms with Gasteiger partial charge in [-0.1, -0.05) is 18.2 Å². The number of hydrogen-bond donors (Lipinski definition) is 1. The number of hydrogen-bond acceptors (Lipinski definition) is 4. The van der Waals surface area contributed by atoms with Crippen molar-refractivity contribution in [2.75, 3.05) is 11.9 Å². The lowest BCUT2D eigenvalue weighted by Gasteiger charge is -2.08. The van der Waals surface area contributed by atoms with Crippen molar-refractivity contribution in [1.82, 2.24) is 9.97 Å². The van der Waals surface area contributed by atoms with Gasteiger partial charge in [0.05, 0.1) is 22.9 Å². The summed E-state index contributed by atoms with van der Waals surface area (Å²) in [6.45, 7) is -0.175. The molecular weight excluding hydrogens is 357 g/mol. The zero-order chi connectivity index (χ0) is 19.3. The molecule has 0 atom stereocenters. The van der Waals surface area contributed by atoms with Crippen LogP contribution in [0, 0.1) is 5.82 Å². The van der Waals surface area contributed by atoms with E-state index in [4.69, 9.17) is 4.74 Å². The molecule has 28 heavy (non-hydrogen) atoms. The highest BCUT2D eigenvalue weighted by Crippen LogP contribution is 2.22. The van der Waals surface area contributed by atoms with Crippen LogP contribution in [-0.4, -0.2) is 22.5 Å². The van der Waals surface area contributed by atoms with Crippen molar-refractivity contribution in [2.24, 2.45) is 0 Å². The molecule has 4 rings (SSSR count). The van der Waals surface area contributed by atoms with Crippen LogP contribution in [0.1, 0.15) is 0 Å². The molecule has 5 nitrogen and oxygen atoms in total. The molecule has 1 amide bonds. The highest BCUT2D eigenvalue weighted by molar-refractivity contribution is 5.91. The number of para-hydroxylation sites is 2. The number of nitrogens with one attached hydrogen (secondary N) is 1. The molecule has 1 heterocycles. The summed E-state index contributed by atoms with van der Waals surface area (Å²) < 4.78 is 18.6. The molecular formula is C22H16FN3O2. The number of fused-ring (bicyclic) bond motifs is 1. The summed E-state index contributed by atoms with van der Waals surface area (Å²) in [5.41, 5.74) is 3.72. The van der Waals surface area contributed by atoms with Crippen LogP contribution in [-0.2, 0) is 4.79 Å². The fraction of sp³-hybridized carbons (Fsp3) is 0.0455. The fourth-order valence-electron chi connectivity index (χ4n) is 2.73. The van der Waals surface area contributed by atoms with Crippen LogP contribution in [0.15, 0.2) is 79.0 Å². The normalized spacial score (nSPS) is 10.6. The number of amides is 1. The smallest absolute Gasteiger partial charge is 0.262 e. The van der Waals surface area contributed by atoms with Gasteiger partial charge in [-0.05, 0) is 54.6 Å². The molecule has 0 aliphatic carbocycles. The predicted octanol–water partition coefficient (Wildman–Crippen LogP) is 4.45. The summed E-state index contributed by atoms with van der Waals surface area (Å²) in [5, 5.41) is 2.59. The summed E-state index contributed by atoms with van der Waals surface area (Å²) in [6.07, 6.45) is 1.73. The van der Waals surface area contributed by atoms with Crippen LogP contribution in [0.3, 0.4) is 0 Å². The Labute approximate surface area is 160 Å². The van der Waals surface area contributed by atoms with Crippen LogP contribution in [0.4, 0.5) is 10.1 Å². The molecule has 0 saturated heterocycles. The van der Waals surface area contributed by atoms with Crippen LogP contribution in [0.5, 0.6) is 5.75 Å². The number of ether oxygens (including phenoxy) is 1. The highest BCUT2D eigenvalue weighted by Gasteiger charge is 2.06. The molecule has 0 saturated carbocycles. The second kappa shape index (κ2) is 7.84. The Bertz CT molecular complexity index is 1130. The number of carbonyl (C=O) groups is 1. The lowest BCUT2D eigenvalue weighted by molar-refractivity contribution is -0.118. The molecule has 138 valence electrons. The number of rotatable bonds is 5. The summed E-state index contributed by atoms with van der Waals surface area (Å²) in [7, 11) is 0. The van der Waals surface area contributed by atoms with Gasteiger partial charge in [0.25, 0.3) is 5.91 Å². The number of aromatic nitrogens is 2. The largest absolute Gasteiger partial charge is 0.484 e. The minimum Gasteiger partial charge on any atom is -0.484 e. The molecule has 0 unspecified atom stereocenters.